The molecule has 2 unspecified atom stereocenters. The van der Waals surface area contributed by atoms with E-state index in [0.717, 1.165) is 12.0 Å². The standard InChI is InChI=1S/C14H13ClN2O2/c1-8-11(7-16-19-8)14(18)17-13-10-5-3-2-4-9(10)6-12(13)15/h2-5,7,12-13H,6H2,1H3,(H,17,18). The zero-order chi connectivity index (χ0) is 13.4. The fourth-order valence-corrected chi connectivity index (χ4v) is 2.82. The summed E-state index contributed by atoms with van der Waals surface area (Å²) in [6.45, 7) is 1.71. The highest BCUT2D eigenvalue weighted by Crippen LogP contribution is 2.34. The molecule has 1 heterocycles. The minimum absolute atomic E-state index is 0.124. The fraction of sp³-hybridized carbons (Fsp3) is 0.286. The summed E-state index contributed by atoms with van der Waals surface area (Å²) in [7, 11) is 0. The van der Waals surface area contributed by atoms with Crippen molar-refractivity contribution in [3.8, 4) is 0 Å². The molecule has 0 radical (unpaired) electrons. The van der Waals surface area contributed by atoms with Crippen molar-refractivity contribution in [3.63, 3.8) is 0 Å². The molecular formula is C14H13ClN2O2. The van der Waals surface area contributed by atoms with E-state index in [2.05, 4.69) is 10.5 Å². The number of amides is 1. The lowest BCUT2D eigenvalue weighted by atomic mass is 10.1. The lowest BCUT2D eigenvalue weighted by Gasteiger charge is -2.17. The van der Waals surface area contributed by atoms with Crippen LogP contribution in [-0.4, -0.2) is 16.4 Å². The van der Waals surface area contributed by atoms with Crippen LogP contribution in [0.15, 0.2) is 35.0 Å². The van der Waals surface area contributed by atoms with Crippen LogP contribution in [0.5, 0.6) is 0 Å². The summed E-state index contributed by atoms with van der Waals surface area (Å²) in [5, 5.41) is 6.45. The van der Waals surface area contributed by atoms with Gasteiger partial charge in [-0.3, -0.25) is 4.79 Å². The van der Waals surface area contributed by atoms with Gasteiger partial charge in [-0.25, -0.2) is 0 Å². The van der Waals surface area contributed by atoms with Gasteiger partial charge >= 0.3 is 0 Å². The van der Waals surface area contributed by atoms with Crippen molar-refractivity contribution in [1.82, 2.24) is 10.5 Å². The largest absolute Gasteiger partial charge is 0.361 e. The molecule has 98 valence electrons. The van der Waals surface area contributed by atoms with Crippen molar-refractivity contribution in [2.24, 2.45) is 0 Å². The number of nitrogens with zero attached hydrogens (tertiary/aromatic N) is 1. The Morgan fingerprint density at radius 1 is 1.47 bits per heavy atom. The Morgan fingerprint density at radius 2 is 2.26 bits per heavy atom. The highest BCUT2D eigenvalue weighted by molar-refractivity contribution is 6.21. The quantitative estimate of drug-likeness (QED) is 0.858. The highest BCUT2D eigenvalue weighted by atomic mass is 35.5. The number of aromatic nitrogens is 1. The van der Waals surface area contributed by atoms with E-state index >= 15 is 0 Å². The monoisotopic (exact) mass is 276 g/mol. The van der Waals surface area contributed by atoms with Crippen LogP contribution in [0, 0.1) is 6.92 Å². The van der Waals surface area contributed by atoms with E-state index in [4.69, 9.17) is 16.1 Å². The maximum atomic E-state index is 12.2. The Kier molecular flexibility index (Phi) is 3.03. The van der Waals surface area contributed by atoms with Gasteiger partial charge in [0.2, 0.25) is 0 Å². The lowest BCUT2D eigenvalue weighted by Crippen LogP contribution is -2.31. The van der Waals surface area contributed by atoms with Crippen molar-refractivity contribution in [2.75, 3.05) is 0 Å². The van der Waals surface area contributed by atoms with E-state index in [1.165, 1.54) is 11.8 Å². The first-order chi connectivity index (χ1) is 9.16. The molecule has 0 saturated carbocycles. The predicted molar refractivity (Wildman–Crippen MR) is 71.2 cm³/mol. The highest BCUT2D eigenvalue weighted by Gasteiger charge is 2.32. The number of carbonyl (C=O) groups is 1. The molecule has 1 aliphatic rings. The third kappa shape index (κ3) is 2.12. The molecule has 0 fully saturated rings. The summed E-state index contributed by atoms with van der Waals surface area (Å²) in [6.07, 6.45) is 2.19. The number of nitrogens with one attached hydrogen (secondary N) is 1. The number of carbonyl (C=O) groups excluding carboxylic acids is 1. The van der Waals surface area contributed by atoms with Crippen LogP contribution in [0.1, 0.15) is 33.3 Å². The minimum atomic E-state index is -0.203. The summed E-state index contributed by atoms with van der Waals surface area (Å²) < 4.78 is 4.90. The molecule has 1 amide bonds. The van der Waals surface area contributed by atoms with Crippen molar-refractivity contribution < 1.29 is 9.32 Å². The molecule has 2 atom stereocenters. The molecule has 5 heteroatoms. The molecule has 0 spiro atoms. The zero-order valence-electron chi connectivity index (χ0n) is 10.4. The molecular weight excluding hydrogens is 264 g/mol. The maximum Gasteiger partial charge on any atom is 0.257 e. The van der Waals surface area contributed by atoms with Crippen LogP contribution in [0.2, 0.25) is 0 Å². The number of benzene rings is 1. The van der Waals surface area contributed by atoms with Crippen LogP contribution < -0.4 is 5.32 Å². The van der Waals surface area contributed by atoms with E-state index < -0.39 is 0 Å². The normalized spacial score (nSPS) is 21.2. The molecule has 1 aliphatic carbocycles. The average Bonchev–Trinajstić information content (AvgIpc) is 2.94. The fourth-order valence-electron chi connectivity index (χ4n) is 2.45. The average molecular weight is 277 g/mol. The summed E-state index contributed by atoms with van der Waals surface area (Å²) in [5.41, 5.74) is 2.73. The summed E-state index contributed by atoms with van der Waals surface area (Å²) in [4.78, 5) is 12.2. The minimum Gasteiger partial charge on any atom is -0.361 e. The second-order valence-electron chi connectivity index (χ2n) is 4.67. The van der Waals surface area contributed by atoms with E-state index in [-0.39, 0.29) is 17.3 Å². The van der Waals surface area contributed by atoms with E-state index in [1.807, 2.05) is 24.3 Å². The second kappa shape index (κ2) is 4.70. The van der Waals surface area contributed by atoms with Crippen molar-refractivity contribution >= 4 is 17.5 Å². The lowest BCUT2D eigenvalue weighted by molar-refractivity contribution is 0.0935. The number of alkyl halides is 1. The number of hydrogen-bond acceptors (Lipinski definition) is 3. The SMILES string of the molecule is Cc1oncc1C(=O)NC1c2ccccc2CC1Cl. The van der Waals surface area contributed by atoms with Crippen LogP contribution in [0.3, 0.4) is 0 Å². The molecule has 4 nitrogen and oxygen atoms in total. The molecule has 3 rings (SSSR count). The van der Waals surface area contributed by atoms with Gasteiger partial charge in [0, 0.05) is 0 Å². The Morgan fingerprint density at radius 3 is 3.00 bits per heavy atom. The Balaban J connectivity index is 1.84. The molecule has 1 N–H and O–H groups in total. The summed E-state index contributed by atoms with van der Waals surface area (Å²) in [6, 6.07) is 7.82. The van der Waals surface area contributed by atoms with Gasteiger partial charge in [-0.1, -0.05) is 29.4 Å². The zero-order valence-corrected chi connectivity index (χ0v) is 11.1. The number of halogens is 1. The van der Waals surface area contributed by atoms with Gasteiger partial charge in [-0.2, -0.15) is 0 Å². The number of aryl methyl sites for hydroxylation is 1. The molecule has 0 saturated heterocycles. The molecule has 1 aromatic carbocycles. The van der Waals surface area contributed by atoms with Gasteiger partial charge < -0.3 is 9.84 Å². The summed E-state index contributed by atoms with van der Waals surface area (Å²) in [5.74, 6) is 0.306. The first kappa shape index (κ1) is 12.2. The van der Waals surface area contributed by atoms with Crippen molar-refractivity contribution in [1.29, 1.82) is 0 Å². The molecule has 0 bridgehead atoms. The Hall–Kier alpha value is -1.81. The first-order valence-corrected chi connectivity index (χ1v) is 6.54. The van der Waals surface area contributed by atoms with Crippen LogP contribution in [0.25, 0.3) is 0 Å². The second-order valence-corrected chi connectivity index (χ2v) is 5.23. The van der Waals surface area contributed by atoms with Gasteiger partial charge in [0.1, 0.15) is 11.3 Å². The van der Waals surface area contributed by atoms with E-state index in [1.54, 1.807) is 6.92 Å². The molecule has 2 aromatic rings. The number of rotatable bonds is 2. The van der Waals surface area contributed by atoms with Gasteiger partial charge in [0.25, 0.3) is 5.91 Å². The van der Waals surface area contributed by atoms with Crippen molar-refractivity contribution in [3.05, 3.63) is 52.9 Å². The van der Waals surface area contributed by atoms with Gasteiger partial charge in [0.15, 0.2) is 0 Å². The van der Waals surface area contributed by atoms with Crippen LogP contribution in [-0.2, 0) is 6.42 Å². The smallest absolute Gasteiger partial charge is 0.257 e. The predicted octanol–water partition coefficient (Wildman–Crippen LogP) is 2.62. The molecule has 0 aliphatic heterocycles. The molecule has 19 heavy (non-hydrogen) atoms. The van der Waals surface area contributed by atoms with Crippen LogP contribution in [0.4, 0.5) is 0 Å². The van der Waals surface area contributed by atoms with Gasteiger partial charge in [0.05, 0.1) is 17.6 Å². The first-order valence-electron chi connectivity index (χ1n) is 6.11. The number of hydrogen-bond donors (Lipinski definition) is 1. The van der Waals surface area contributed by atoms with Crippen molar-refractivity contribution in [2.45, 2.75) is 24.8 Å². The van der Waals surface area contributed by atoms with E-state index in [9.17, 15) is 4.79 Å². The topological polar surface area (TPSA) is 55.1 Å². The Labute approximate surface area is 115 Å². The van der Waals surface area contributed by atoms with Gasteiger partial charge in [-0.15, -0.1) is 11.6 Å². The van der Waals surface area contributed by atoms with Gasteiger partial charge in [-0.05, 0) is 24.5 Å². The molecule has 1 aromatic heterocycles. The third-order valence-electron chi connectivity index (χ3n) is 3.45. The van der Waals surface area contributed by atoms with Crippen LogP contribution >= 0.6 is 11.6 Å². The van der Waals surface area contributed by atoms with E-state index in [0.29, 0.717) is 11.3 Å². The summed E-state index contributed by atoms with van der Waals surface area (Å²) >= 11 is 6.34. The Bertz CT molecular complexity index is 623. The maximum absolute atomic E-state index is 12.2. The number of fused-ring (bicyclic) bond motifs is 1. The third-order valence-corrected chi connectivity index (χ3v) is 3.85.